The highest BCUT2D eigenvalue weighted by molar-refractivity contribution is 5.80. The van der Waals surface area contributed by atoms with Crippen molar-refractivity contribution in [2.75, 3.05) is 18.0 Å². The molecule has 6 heteroatoms. The summed E-state index contributed by atoms with van der Waals surface area (Å²) in [6, 6.07) is 2.18. The summed E-state index contributed by atoms with van der Waals surface area (Å²) in [5.41, 5.74) is 2.45. The number of fused-ring (bicyclic) bond motifs is 1. The number of aromatic nitrogens is 3. The van der Waals surface area contributed by atoms with Crippen LogP contribution in [0.4, 0.5) is 5.69 Å². The number of hydrogen-bond acceptors (Lipinski definition) is 5. The van der Waals surface area contributed by atoms with Gasteiger partial charge >= 0.3 is 0 Å². The van der Waals surface area contributed by atoms with Crippen LogP contribution in [0.1, 0.15) is 26.7 Å². The predicted molar refractivity (Wildman–Crippen MR) is 85.5 cm³/mol. The number of pyridine rings is 1. The molecular formula is C16H21N5O. The summed E-state index contributed by atoms with van der Waals surface area (Å²) in [6.07, 6.45) is 7.08. The monoisotopic (exact) mass is 299 g/mol. The third kappa shape index (κ3) is 3.16. The van der Waals surface area contributed by atoms with Crippen LogP contribution in [0.3, 0.4) is 0 Å². The SMILES string of the molecule is CC(C)NC(=O)C1CCCN(c2cnc3nccnc3c2)C1. The minimum atomic E-state index is 0.0358. The van der Waals surface area contributed by atoms with Gasteiger partial charge in [-0.2, -0.15) is 0 Å². The van der Waals surface area contributed by atoms with Gasteiger partial charge in [0.1, 0.15) is 5.52 Å². The quantitative estimate of drug-likeness (QED) is 0.935. The Morgan fingerprint density at radius 3 is 2.95 bits per heavy atom. The van der Waals surface area contributed by atoms with Crippen molar-refractivity contribution in [1.82, 2.24) is 20.3 Å². The van der Waals surface area contributed by atoms with E-state index in [0.29, 0.717) is 5.65 Å². The minimum absolute atomic E-state index is 0.0358. The molecule has 1 fully saturated rings. The molecule has 3 rings (SSSR count). The Balaban J connectivity index is 1.76. The zero-order valence-corrected chi connectivity index (χ0v) is 13.0. The van der Waals surface area contributed by atoms with Gasteiger partial charge in [0.2, 0.25) is 5.91 Å². The second-order valence-corrected chi connectivity index (χ2v) is 6.04. The van der Waals surface area contributed by atoms with Crippen LogP contribution >= 0.6 is 0 Å². The lowest BCUT2D eigenvalue weighted by Crippen LogP contribution is -2.44. The molecule has 1 saturated heterocycles. The molecule has 2 aromatic rings. The van der Waals surface area contributed by atoms with Crippen LogP contribution in [-0.4, -0.2) is 40.0 Å². The summed E-state index contributed by atoms with van der Waals surface area (Å²) in [7, 11) is 0. The molecule has 0 aromatic carbocycles. The fraction of sp³-hybridized carbons (Fsp3) is 0.500. The Morgan fingerprint density at radius 2 is 2.14 bits per heavy atom. The van der Waals surface area contributed by atoms with Crippen LogP contribution < -0.4 is 10.2 Å². The number of anilines is 1. The smallest absolute Gasteiger partial charge is 0.225 e. The van der Waals surface area contributed by atoms with Crippen LogP contribution in [0, 0.1) is 5.92 Å². The largest absolute Gasteiger partial charge is 0.369 e. The van der Waals surface area contributed by atoms with E-state index in [1.165, 1.54) is 0 Å². The molecule has 116 valence electrons. The minimum Gasteiger partial charge on any atom is -0.369 e. The normalized spacial score (nSPS) is 18.7. The summed E-state index contributed by atoms with van der Waals surface area (Å²) < 4.78 is 0. The van der Waals surface area contributed by atoms with E-state index >= 15 is 0 Å². The maximum Gasteiger partial charge on any atom is 0.225 e. The van der Waals surface area contributed by atoms with Crippen LogP contribution in [0.25, 0.3) is 11.2 Å². The molecule has 0 radical (unpaired) electrons. The Morgan fingerprint density at radius 1 is 1.32 bits per heavy atom. The molecule has 22 heavy (non-hydrogen) atoms. The van der Waals surface area contributed by atoms with Gasteiger partial charge < -0.3 is 10.2 Å². The maximum absolute atomic E-state index is 12.2. The zero-order valence-electron chi connectivity index (χ0n) is 13.0. The van der Waals surface area contributed by atoms with E-state index in [-0.39, 0.29) is 17.9 Å². The molecule has 0 aliphatic carbocycles. The fourth-order valence-corrected chi connectivity index (χ4v) is 2.85. The average molecular weight is 299 g/mol. The van der Waals surface area contributed by atoms with E-state index in [1.54, 1.807) is 12.4 Å². The first kappa shape index (κ1) is 14.7. The van der Waals surface area contributed by atoms with Gasteiger partial charge in [0, 0.05) is 31.5 Å². The van der Waals surface area contributed by atoms with E-state index in [1.807, 2.05) is 26.1 Å². The van der Waals surface area contributed by atoms with Crippen molar-refractivity contribution in [3.8, 4) is 0 Å². The summed E-state index contributed by atoms with van der Waals surface area (Å²) in [5, 5.41) is 3.01. The summed E-state index contributed by atoms with van der Waals surface area (Å²) in [6.45, 7) is 5.65. The van der Waals surface area contributed by atoms with Gasteiger partial charge in [0.15, 0.2) is 5.65 Å². The standard InChI is InChI=1S/C16H21N5O/c1-11(2)20-16(22)12-4-3-7-21(10-12)13-8-14-15(19-9-13)18-6-5-17-14/h5-6,8-9,11-12H,3-4,7,10H2,1-2H3,(H,20,22). The van der Waals surface area contributed by atoms with Crippen LogP contribution in [0.5, 0.6) is 0 Å². The number of amides is 1. The molecule has 1 unspecified atom stereocenters. The van der Waals surface area contributed by atoms with Gasteiger partial charge in [-0.15, -0.1) is 0 Å². The first-order chi connectivity index (χ1) is 10.6. The molecule has 0 bridgehead atoms. The first-order valence-electron chi connectivity index (χ1n) is 7.75. The fourth-order valence-electron chi connectivity index (χ4n) is 2.85. The van der Waals surface area contributed by atoms with Crippen molar-refractivity contribution in [2.45, 2.75) is 32.7 Å². The molecule has 1 amide bonds. The molecule has 3 heterocycles. The summed E-state index contributed by atoms with van der Waals surface area (Å²) in [4.78, 5) is 27.3. The highest BCUT2D eigenvalue weighted by Gasteiger charge is 2.26. The molecule has 0 spiro atoms. The molecule has 2 aromatic heterocycles. The molecule has 1 atom stereocenters. The van der Waals surface area contributed by atoms with E-state index in [0.717, 1.165) is 37.1 Å². The van der Waals surface area contributed by atoms with Crippen LogP contribution in [-0.2, 0) is 4.79 Å². The Labute approximate surface area is 130 Å². The van der Waals surface area contributed by atoms with Crippen molar-refractivity contribution in [1.29, 1.82) is 0 Å². The lowest BCUT2D eigenvalue weighted by atomic mass is 9.96. The van der Waals surface area contributed by atoms with Crippen molar-refractivity contribution < 1.29 is 4.79 Å². The third-order valence-corrected chi connectivity index (χ3v) is 3.90. The highest BCUT2D eigenvalue weighted by atomic mass is 16.2. The number of rotatable bonds is 3. The topological polar surface area (TPSA) is 71.0 Å². The summed E-state index contributed by atoms with van der Waals surface area (Å²) >= 11 is 0. The van der Waals surface area contributed by atoms with Crippen molar-refractivity contribution >= 4 is 22.8 Å². The molecule has 1 aliphatic heterocycles. The molecular weight excluding hydrogens is 278 g/mol. The molecule has 0 saturated carbocycles. The Bertz CT molecular complexity index is 672. The number of nitrogens with one attached hydrogen (secondary N) is 1. The van der Waals surface area contributed by atoms with E-state index in [4.69, 9.17) is 0 Å². The van der Waals surface area contributed by atoms with E-state index < -0.39 is 0 Å². The average Bonchev–Trinajstić information content (AvgIpc) is 2.54. The van der Waals surface area contributed by atoms with Gasteiger partial charge in [-0.25, -0.2) is 9.97 Å². The zero-order chi connectivity index (χ0) is 15.5. The molecule has 6 nitrogen and oxygen atoms in total. The Hall–Kier alpha value is -2.24. The van der Waals surface area contributed by atoms with Crippen molar-refractivity contribution in [3.63, 3.8) is 0 Å². The second-order valence-electron chi connectivity index (χ2n) is 6.04. The van der Waals surface area contributed by atoms with Gasteiger partial charge in [-0.3, -0.25) is 9.78 Å². The second kappa shape index (κ2) is 6.25. The summed E-state index contributed by atoms with van der Waals surface area (Å²) in [5.74, 6) is 0.182. The van der Waals surface area contributed by atoms with E-state index in [9.17, 15) is 4.79 Å². The number of piperidine rings is 1. The predicted octanol–water partition coefficient (Wildman–Crippen LogP) is 1.77. The van der Waals surface area contributed by atoms with Crippen molar-refractivity contribution in [2.24, 2.45) is 5.92 Å². The number of carbonyl (C=O) groups excluding carboxylic acids is 1. The van der Waals surface area contributed by atoms with Crippen LogP contribution in [0.15, 0.2) is 24.7 Å². The number of nitrogens with zero attached hydrogens (tertiary/aromatic N) is 4. The van der Waals surface area contributed by atoms with Crippen LogP contribution in [0.2, 0.25) is 0 Å². The molecule has 1 N–H and O–H groups in total. The maximum atomic E-state index is 12.2. The van der Waals surface area contributed by atoms with Gasteiger partial charge in [0.05, 0.1) is 17.8 Å². The van der Waals surface area contributed by atoms with Gasteiger partial charge in [0.25, 0.3) is 0 Å². The highest BCUT2D eigenvalue weighted by Crippen LogP contribution is 2.24. The number of carbonyl (C=O) groups is 1. The Kier molecular flexibility index (Phi) is 4.18. The van der Waals surface area contributed by atoms with Gasteiger partial charge in [-0.05, 0) is 32.8 Å². The third-order valence-electron chi connectivity index (χ3n) is 3.90. The molecule has 1 aliphatic rings. The lowest BCUT2D eigenvalue weighted by molar-refractivity contribution is -0.125. The number of hydrogen-bond donors (Lipinski definition) is 1. The van der Waals surface area contributed by atoms with E-state index in [2.05, 4.69) is 25.2 Å². The van der Waals surface area contributed by atoms with Gasteiger partial charge in [-0.1, -0.05) is 0 Å². The lowest BCUT2D eigenvalue weighted by Gasteiger charge is -2.33. The van der Waals surface area contributed by atoms with Crippen molar-refractivity contribution in [3.05, 3.63) is 24.7 Å². The first-order valence-corrected chi connectivity index (χ1v) is 7.75.